The lowest BCUT2D eigenvalue weighted by molar-refractivity contribution is 0.200. The van der Waals surface area contributed by atoms with Crippen LogP contribution < -0.4 is 10.1 Å². The number of methoxy groups -OCH3 is 1. The van der Waals surface area contributed by atoms with Crippen molar-refractivity contribution in [2.24, 2.45) is 0 Å². The fraction of sp³-hybridized carbons (Fsp3) is 0.650. The highest BCUT2D eigenvalue weighted by Crippen LogP contribution is 2.41. The largest absolute Gasteiger partial charge is 0.497 e. The molecular weight excluding hydrogens is 314 g/mol. The second kappa shape index (κ2) is 7.65. The Morgan fingerprint density at radius 2 is 1.96 bits per heavy atom. The van der Waals surface area contributed by atoms with Crippen LogP contribution in [0.25, 0.3) is 0 Å². The Hall–Kier alpha value is -1.75. The topological polar surface area (TPSA) is 44.8 Å². The van der Waals surface area contributed by atoms with Gasteiger partial charge in [0.05, 0.1) is 7.11 Å². The SMILES string of the molecule is COc1ccc(C2(CNC(=O)N3CC[C@@H](N(C)C)C3)CCCC2)cc1. The summed E-state index contributed by atoms with van der Waals surface area (Å²) in [6.07, 6.45) is 5.80. The molecule has 5 heteroatoms. The lowest BCUT2D eigenvalue weighted by Gasteiger charge is -2.31. The van der Waals surface area contributed by atoms with Crippen LogP contribution in [0.1, 0.15) is 37.7 Å². The Labute approximate surface area is 151 Å². The highest BCUT2D eigenvalue weighted by molar-refractivity contribution is 5.74. The fourth-order valence-electron chi connectivity index (χ4n) is 4.27. The zero-order valence-corrected chi connectivity index (χ0v) is 15.8. The van der Waals surface area contributed by atoms with E-state index in [0.29, 0.717) is 6.04 Å². The Kier molecular flexibility index (Phi) is 5.52. The van der Waals surface area contributed by atoms with Gasteiger partial charge in [-0.25, -0.2) is 4.79 Å². The predicted octanol–water partition coefficient (Wildman–Crippen LogP) is 2.85. The third-order valence-electron chi connectivity index (χ3n) is 6.02. The molecule has 1 aliphatic heterocycles. The number of amides is 2. The molecule has 1 aromatic rings. The lowest BCUT2D eigenvalue weighted by Crippen LogP contribution is -2.45. The fourth-order valence-corrected chi connectivity index (χ4v) is 4.27. The summed E-state index contributed by atoms with van der Waals surface area (Å²) in [5.74, 6) is 0.882. The van der Waals surface area contributed by atoms with Gasteiger partial charge in [0, 0.05) is 31.1 Å². The van der Waals surface area contributed by atoms with Gasteiger partial charge in [0.1, 0.15) is 5.75 Å². The molecule has 1 saturated heterocycles. The van der Waals surface area contributed by atoms with Crippen LogP contribution in [0.5, 0.6) is 5.75 Å². The van der Waals surface area contributed by atoms with Crippen LogP contribution >= 0.6 is 0 Å². The van der Waals surface area contributed by atoms with Gasteiger partial charge in [0.15, 0.2) is 0 Å². The smallest absolute Gasteiger partial charge is 0.317 e. The lowest BCUT2D eigenvalue weighted by atomic mass is 9.79. The maximum Gasteiger partial charge on any atom is 0.317 e. The Morgan fingerprint density at radius 3 is 2.52 bits per heavy atom. The summed E-state index contributed by atoms with van der Waals surface area (Å²) in [5.41, 5.74) is 1.39. The minimum absolute atomic E-state index is 0.0720. The summed E-state index contributed by atoms with van der Waals surface area (Å²) in [7, 11) is 5.87. The van der Waals surface area contributed by atoms with Crippen LogP contribution in [0.15, 0.2) is 24.3 Å². The third-order valence-corrected chi connectivity index (χ3v) is 6.02. The standard InChI is InChI=1S/C20H31N3O2/c1-22(2)17-10-13-23(14-17)19(24)21-15-20(11-4-5-12-20)16-6-8-18(25-3)9-7-16/h6-9,17H,4-5,10-15H2,1-3H3,(H,21,24)/t17-/m1/s1. The molecular formula is C20H31N3O2. The van der Waals surface area contributed by atoms with E-state index in [-0.39, 0.29) is 11.4 Å². The van der Waals surface area contributed by atoms with Crippen LogP contribution in [0.2, 0.25) is 0 Å². The van der Waals surface area contributed by atoms with Crippen molar-refractivity contribution < 1.29 is 9.53 Å². The van der Waals surface area contributed by atoms with Crippen LogP contribution in [-0.2, 0) is 5.41 Å². The van der Waals surface area contributed by atoms with E-state index in [2.05, 4.69) is 36.4 Å². The molecule has 1 saturated carbocycles. The predicted molar refractivity (Wildman–Crippen MR) is 100 cm³/mol. The van der Waals surface area contributed by atoms with Crippen molar-refractivity contribution in [2.75, 3.05) is 40.8 Å². The Balaban J connectivity index is 1.63. The molecule has 2 amide bonds. The van der Waals surface area contributed by atoms with Gasteiger partial charge >= 0.3 is 6.03 Å². The monoisotopic (exact) mass is 345 g/mol. The first-order valence-electron chi connectivity index (χ1n) is 9.38. The van der Waals surface area contributed by atoms with Gasteiger partial charge in [-0.15, -0.1) is 0 Å². The number of benzene rings is 1. The van der Waals surface area contributed by atoms with Crippen LogP contribution in [-0.4, -0.2) is 62.7 Å². The molecule has 1 aliphatic carbocycles. The molecule has 0 bridgehead atoms. The summed E-state index contributed by atoms with van der Waals surface area (Å²) in [5, 5.41) is 3.23. The van der Waals surface area contributed by atoms with Crippen molar-refractivity contribution in [2.45, 2.75) is 43.6 Å². The average Bonchev–Trinajstić information content (AvgIpc) is 3.30. The number of nitrogens with one attached hydrogen (secondary N) is 1. The Bertz CT molecular complexity index is 579. The minimum Gasteiger partial charge on any atom is -0.497 e. The number of urea groups is 1. The molecule has 5 nitrogen and oxygen atoms in total. The number of likely N-dealkylation sites (N-methyl/N-ethyl adjacent to an activating group) is 1. The molecule has 2 aliphatic rings. The second-order valence-electron chi connectivity index (χ2n) is 7.73. The third kappa shape index (κ3) is 3.92. The van der Waals surface area contributed by atoms with E-state index in [0.717, 1.165) is 44.6 Å². The van der Waals surface area contributed by atoms with Gasteiger partial charge in [-0.3, -0.25) is 0 Å². The van der Waals surface area contributed by atoms with Crippen molar-refractivity contribution >= 4 is 6.03 Å². The van der Waals surface area contributed by atoms with Gasteiger partial charge in [0.25, 0.3) is 0 Å². The number of ether oxygens (including phenoxy) is 1. The summed E-state index contributed by atoms with van der Waals surface area (Å²) < 4.78 is 5.28. The number of carbonyl (C=O) groups is 1. The van der Waals surface area contributed by atoms with Crippen LogP contribution in [0.4, 0.5) is 4.79 Å². The molecule has 2 fully saturated rings. The van der Waals surface area contributed by atoms with Crippen molar-refractivity contribution in [3.63, 3.8) is 0 Å². The maximum atomic E-state index is 12.6. The summed E-state index contributed by atoms with van der Waals surface area (Å²) in [4.78, 5) is 16.8. The van der Waals surface area contributed by atoms with E-state index < -0.39 is 0 Å². The zero-order valence-electron chi connectivity index (χ0n) is 15.8. The second-order valence-corrected chi connectivity index (χ2v) is 7.73. The van der Waals surface area contributed by atoms with Gasteiger partial charge < -0.3 is 19.9 Å². The molecule has 1 atom stereocenters. The molecule has 0 spiro atoms. The quantitative estimate of drug-likeness (QED) is 0.892. The normalized spacial score (nSPS) is 22.4. The van der Waals surface area contributed by atoms with Crippen LogP contribution in [0.3, 0.4) is 0 Å². The first kappa shape index (κ1) is 18.1. The maximum absolute atomic E-state index is 12.6. The van der Waals surface area contributed by atoms with Crippen molar-refractivity contribution in [3.8, 4) is 5.75 Å². The van der Waals surface area contributed by atoms with E-state index in [9.17, 15) is 4.79 Å². The zero-order chi connectivity index (χ0) is 17.9. The molecule has 1 aromatic carbocycles. The van der Waals surface area contributed by atoms with Gasteiger partial charge in [-0.1, -0.05) is 25.0 Å². The number of carbonyl (C=O) groups excluding carboxylic acids is 1. The number of rotatable bonds is 5. The molecule has 0 aromatic heterocycles. The number of hydrogen-bond acceptors (Lipinski definition) is 3. The molecule has 0 unspecified atom stereocenters. The van der Waals surface area contributed by atoms with E-state index in [1.165, 1.54) is 18.4 Å². The van der Waals surface area contributed by atoms with E-state index >= 15 is 0 Å². The van der Waals surface area contributed by atoms with Crippen molar-refractivity contribution in [1.82, 2.24) is 15.1 Å². The van der Waals surface area contributed by atoms with Gasteiger partial charge in [0.2, 0.25) is 0 Å². The van der Waals surface area contributed by atoms with Crippen LogP contribution in [0, 0.1) is 0 Å². The highest BCUT2D eigenvalue weighted by Gasteiger charge is 2.37. The van der Waals surface area contributed by atoms with E-state index in [1.807, 2.05) is 17.0 Å². The minimum atomic E-state index is 0.0720. The molecule has 1 N–H and O–H groups in total. The number of likely N-dealkylation sites (tertiary alicyclic amines) is 1. The summed E-state index contributed by atoms with van der Waals surface area (Å²) >= 11 is 0. The molecule has 138 valence electrons. The first-order valence-corrected chi connectivity index (χ1v) is 9.38. The van der Waals surface area contributed by atoms with Gasteiger partial charge in [-0.2, -0.15) is 0 Å². The van der Waals surface area contributed by atoms with E-state index in [1.54, 1.807) is 7.11 Å². The summed E-state index contributed by atoms with van der Waals surface area (Å²) in [6.45, 7) is 2.40. The number of nitrogens with zero attached hydrogens (tertiary/aromatic N) is 2. The van der Waals surface area contributed by atoms with Crippen molar-refractivity contribution in [1.29, 1.82) is 0 Å². The first-order chi connectivity index (χ1) is 12.0. The molecule has 3 rings (SSSR count). The highest BCUT2D eigenvalue weighted by atomic mass is 16.5. The number of hydrogen-bond donors (Lipinski definition) is 1. The van der Waals surface area contributed by atoms with Crippen molar-refractivity contribution in [3.05, 3.63) is 29.8 Å². The molecule has 1 heterocycles. The molecule has 25 heavy (non-hydrogen) atoms. The summed E-state index contributed by atoms with van der Waals surface area (Å²) in [6, 6.07) is 8.94. The molecule has 0 radical (unpaired) electrons. The van der Waals surface area contributed by atoms with E-state index in [4.69, 9.17) is 4.74 Å². The average molecular weight is 345 g/mol. The Morgan fingerprint density at radius 1 is 1.28 bits per heavy atom. The van der Waals surface area contributed by atoms with Gasteiger partial charge in [-0.05, 0) is 51.1 Å².